The largest absolute Gasteiger partial charge is 0.489 e. The molecular weight excluding hydrogens is 412 g/mol. The topological polar surface area (TPSA) is 75.7 Å². The van der Waals surface area contributed by atoms with E-state index in [-0.39, 0.29) is 11.4 Å². The van der Waals surface area contributed by atoms with Gasteiger partial charge in [-0.3, -0.25) is 9.10 Å². The molecule has 160 valence electrons. The van der Waals surface area contributed by atoms with Gasteiger partial charge in [-0.25, -0.2) is 8.42 Å². The number of rotatable bonds is 9. The molecule has 0 heterocycles. The number of aryl methyl sites for hydroxylation is 1. The van der Waals surface area contributed by atoms with Gasteiger partial charge in [-0.2, -0.15) is 0 Å². The molecule has 1 amide bonds. The van der Waals surface area contributed by atoms with Gasteiger partial charge in [0.05, 0.1) is 10.6 Å². The molecular formula is C24H24N2O4S. The van der Waals surface area contributed by atoms with Gasteiger partial charge in [0.25, 0.3) is 10.0 Å². The fraction of sp³-hybridized carbons (Fsp3) is 0.125. The van der Waals surface area contributed by atoms with Crippen molar-refractivity contribution >= 4 is 27.3 Å². The van der Waals surface area contributed by atoms with Gasteiger partial charge in [0.2, 0.25) is 5.91 Å². The van der Waals surface area contributed by atoms with Crippen molar-refractivity contribution in [1.82, 2.24) is 0 Å². The van der Waals surface area contributed by atoms with Crippen molar-refractivity contribution in [2.75, 3.05) is 22.8 Å². The number of sulfonamides is 1. The number of para-hydroxylation sites is 1. The Morgan fingerprint density at radius 1 is 1.03 bits per heavy atom. The van der Waals surface area contributed by atoms with Gasteiger partial charge in [-0.15, -0.1) is 0 Å². The zero-order chi connectivity index (χ0) is 22.3. The maximum Gasteiger partial charge on any atom is 0.264 e. The normalized spacial score (nSPS) is 10.9. The Morgan fingerprint density at radius 2 is 1.74 bits per heavy atom. The molecule has 7 heteroatoms. The first kappa shape index (κ1) is 22.1. The van der Waals surface area contributed by atoms with Crippen LogP contribution >= 0.6 is 0 Å². The molecule has 3 rings (SSSR count). The summed E-state index contributed by atoms with van der Waals surface area (Å²) in [5.41, 5.74) is 1.70. The fourth-order valence-electron chi connectivity index (χ4n) is 3.01. The Labute approximate surface area is 182 Å². The van der Waals surface area contributed by atoms with E-state index < -0.39 is 15.9 Å². The zero-order valence-electron chi connectivity index (χ0n) is 17.2. The van der Waals surface area contributed by atoms with Gasteiger partial charge >= 0.3 is 0 Å². The van der Waals surface area contributed by atoms with E-state index in [2.05, 4.69) is 11.9 Å². The summed E-state index contributed by atoms with van der Waals surface area (Å²) >= 11 is 0. The molecule has 0 aliphatic carbocycles. The molecule has 0 aromatic heterocycles. The summed E-state index contributed by atoms with van der Waals surface area (Å²) in [6.07, 6.45) is 1.62. The smallest absolute Gasteiger partial charge is 0.264 e. The van der Waals surface area contributed by atoms with E-state index in [9.17, 15) is 13.2 Å². The lowest BCUT2D eigenvalue weighted by molar-refractivity contribution is -0.114. The maximum absolute atomic E-state index is 13.4. The number of benzene rings is 3. The highest BCUT2D eigenvalue weighted by molar-refractivity contribution is 7.92. The molecule has 0 radical (unpaired) electrons. The Morgan fingerprint density at radius 3 is 2.45 bits per heavy atom. The maximum atomic E-state index is 13.4. The lowest BCUT2D eigenvalue weighted by atomic mass is 10.2. The van der Waals surface area contributed by atoms with Crippen LogP contribution in [0.5, 0.6) is 5.75 Å². The molecule has 0 unspecified atom stereocenters. The molecule has 0 fully saturated rings. The second-order valence-corrected chi connectivity index (χ2v) is 8.65. The summed E-state index contributed by atoms with van der Waals surface area (Å²) in [5.74, 6) is 0.106. The predicted molar refractivity (Wildman–Crippen MR) is 123 cm³/mol. The average Bonchev–Trinajstić information content (AvgIpc) is 2.77. The Balaban J connectivity index is 1.88. The number of nitrogens with one attached hydrogen (secondary N) is 1. The fourth-order valence-corrected chi connectivity index (χ4v) is 4.52. The Bertz CT molecular complexity index is 1160. The van der Waals surface area contributed by atoms with Crippen molar-refractivity contribution in [2.24, 2.45) is 0 Å². The lowest BCUT2D eigenvalue weighted by Gasteiger charge is -2.25. The highest BCUT2D eigenvalue weighted by Gasteiger charge is 2.28. The third kappa shape index (κ3) is 5.52. The first-order valence-corrected chi connectivity index (χ1v) is 11.1. The van der Waals surface area contributed by atoms with Crippen molar-refractivity contribution in [1.29, 1.82) is 0 Å². The number of amides is 1. The quantitative estimate of drug-likeness (QED) is 0.505. The number of carbonyl (C=O) groups is 1. The number of carbonyl (C=O) groups excluding carboxylic acids is 1. The van der Waals surface area contributed by atoms with Gasteiger partial charge in [-0.05, 0) is 42.8 Å². The van der Waals surface area contributed by atoms with E-state index in [0.717, 1.165) is 9.87 Å². The molecule has 0 bridgehead atoms. The van der Waals surface area contributed by atoms with Crippen molar-refractivity contribution in [3.05, 3.63) is 97.1 Å². The van der Waals surface area contributed by atoms with Gasteiger partial charge < -0.3 is 10.1 Å². The van der Waals surface area contributed by atoms with E-state index in [4.69, 9.17) is 4.74 Å². The summed E-state index contributed by atoms with van der Waals surface area (Å²) in [6.45, 7) is 5.38. The van der Waals surface area contributed by atoms with Crippen LogP contribution in [0.2, 0.25) is 0 Å². The summed E-state index contributed by atoms with van der Waals surface area (Å²) in [7, 11) is -3.95. The highest BCUT2D eigenvalue weighted by Crippen LogP contribution is 2.27. The molecule has 0 spiro atoms. The minimum Gasteiger partial charge on any atom is -0.489 e. The van der Waals surface area contributed by atoms with E-state index in [1.54, 1.807) is 73.7 Å². The van der Waals surface area contributed by atoms with Crippen LogP contribution in [0.3, 0.4) is 0 Å². The van der Waals surface area contributed by atoms with Gasteiger partial charge in [-0.1, -0.05) is 55.1 Å². The molecule has 1 N–H and O–H groups in total. The SMILES string of the molecule is C=CCOc1cccc(NC(=O)CN(c2ccccc2C)S(=O)(=O)c2ccccc2)c1. The van der Waals surface area contributed by atoms with Crippen LogP contribution in [0.1, 0.15) is 5.56 Å². The minimum absolute atomic E-state index is 0.117. The zero-order valence-corrected chi connectivity index (χ0v) is 18.0. The van der Waals surface area contributed by atoms with Gasteiger partial charge in [0.1, 0.15) is 18.9 Å². The van der Waals surface area contributed by atoms with E-state index in [1.165, 1.54) is 12.1 Å². The number of nitrogens with zero attached hydrogens (tertiary/aromatic N) is 1. The van der Waals surface area contributed by atoms with Crippen molar-refractivity contribution < 1.29 is 17.9 Å². The van der Waals surface area contributed by atoms with Crippen LogP contribution in [0.15, 0.2) is 96.4 Å². The minimum atomic E-state index is -3.95. The first-order valence-electron chi connectivity index (χ1n) is 9.69. The van der Waals surface area contributed by atoms with Crippen LogP contribution in [0, 0.1) is 6.92 Å². The second-order valence-electron chi connectivity index (χ2n) is 6.79. The molecule has 6 nitrogen and oxygen atoms in total. The van der Waals surface area contributed by atoms with Gasteiger partial charge in [0, 0.05) is 11.8 Å². The van der Waals surface area contributed by atoms with E-state index in [1.807, 2.05) is 6.07 Å². The number of anilines is 2. The Kier molecular flexibility index (Phi) is 7.10. The molecule has 3 aromatic rings. The number of hydrogen-bond acceptors (Lipinski definition) is 4. The number of hydrogen-bond donors (Lipinski definition) is 1. The van der Waals surface area contributed by atoms with E-state index >= 15 is 0 Å². The molecule has 0 saturated heterocycles. The monoisotopic (exact) mass is 436 g/mol. The molecule has 31 heavy (non-hydrogen) atoms. The van der Waals surface area contributed by atoms with Crippen molar-refractivity contribution in [2.45, 2.75) is 11.8 Å². The van der Waals surface area contributed by atoms with E-state index in [0.29, 0.717) is 23.7 Å². The van der Waals surface area contributed by atoms with Crippen LogP contribution in [0.25, 0.3) is 0 Å². The highest BCUT2D eigenvalue weighted by atomic mass is 32.2. The van der Waals surface area contributed by atoms with Crippen molar-refractivity contribution in [3.63, 3.8) is 0 Å². The molecule has 3 aromatic carbocycles. The summed E-state index contributed by atoms with van der Waals surface area (Å²) in [5, 5.41) is 2.75. The van der Waals surface area contributed by atoms with Crippen LogP contribution < -0.4 is 14.4 Å². The Hall–Kier alpha value is -3.58. The second kappa shape index (κ2) is 9.95. The standard InChI is InChI=1S/C24H24N2O4S/c1-3-16-30-21-12-9-11-20(17-21)25-24(27)18-26(23-15-8-7-10-19(23)2)31(28,29)22-13-5-4-6-14-22/h3-15,17H,1,16,18H2,2H3,(H,25,27). The molecule has 0 atom stereocenters. The van der Waals surface area contributed by atoms with Crippen LogP contribution in [-0.2, 0) is 14.8 Å². The average molecular weight is 437 g/mol. The third-order valence-electron chi connectivity index (χ3n) is 4.49. The first-order chi connectivity index (χ1) is 14.9. The summed E-state index contributed by atoms with van der Waals surface area (Å²) in [6, 6.07) is 22.0. The lowest BCUT2D eigenvalue weighted by Crippen LogP contribution is -2.38. The summed E-state index contributed by atoms with van der Waals surface area (Å²) < 4.78 is 33.3. The van der Waals surface area contributed by atoms with Gasteiger partial charge in [0.15, 0.2) is 0 Å². The molecule has 0 aliphatic heterocycles. The molecule has 0 aliphatic rings. The number of ether oxygens (including phenoxy) is 1. The molecule has 0 saturated carbocycles. The third-order valence-corrected chi connectivity index (χ3v) is 6.26. The van der Waals surface area contributed by atoms with Crippen LogP contribution in [-0.4, -0.2) is 27.5 Å². The summed E-state index contributed by atoms with van der Waals surface area (Å²) in [4.78, 5) is 13.0. The predicted octanol–water partition coefficient (Wildman–Crippen LogP) is 4.39. The van der Waals surface area contributed by atoms with Crippen molar-refractivity contribution in [3.8, 4) is 5.75 Å². The van der Waals surface area contributed by atoms with Crippen LogP contribution in [0.4, 0.5) is 11.4 Å².